The van der Waals surface area contributed by atoms with Crippen molar-refractivity contribution in [3.8, 4) is 0 Å². The molecule has 1 spiro atoms. The molecule has 2 aliphatic rings. The van der Waals surface area contributed by atoms with Crippen LogP contribution in [-0.2, 0) is 42.5 Å². The quantitative estimate of drug-likeness (QED) is 0.315. The molecule has 0 aliphatic carbocycles. The van der Waals surface area contributed by atoms with Crippen molar-refractivity contribution in [3.63, 3.8) is 0 Å². The second-order valence-electron chi connectivity index (χ2n) is 10.4. The molecule has 4 rings (SSSR count). The van der Waals surface area contributed by atoms with E-state index in [9.17, 15) is 23.6 Å². The number of halogens is 1. The number of carbonyl (C=O) groups excluding carboxylic acids is 1. The number of benzene rings is 1. The molecule has 1 fully saturated rings. The van der Waals surface area contributed by atoms with Gasteiger partial charge in [-0.3, -0.25) is 14.4 Å². The highest BCUT2D eigenvalue weighted by Crippen LogP contribution is 2.45. The van der Waals surface area contributed by atoms with Crippen molar-refractivity contribution in [2.45, 2.75) is 49.9 Å². The van der Waals surface area contributed by atoms with Gasteiger partial charge in [-0.15, -0.1) is 11.3 Å². The van der Waals surface area contributed by atoms with Gasteiger partial charge in [-0.1, -0.05) is 12.1 Å². The van der Waals surface area contributed by atoms with Gasteiger partial charge >= 0.3 is 17.9 Å². The summed E-state index contributed by atoms with van der Waals surface area (Å²) in [6.45, 7) is 2.76. The number of rotatable bonds is 10. The normalized spacial score (nSPS) is 16.8. The summed E-state index contributed by atoms with van der Waals surface area (Å²) in [5.41, 5.74) is 1.25. The van der Waals surface area contributed by atoms with Gasteiger partial charge in [0.25, 0.3) is 0 Å². The minimum atomic E-state index is -2.74. The van der Waals surface area contributed by atoms with Gasteiger partial charge in [-0.2, -0.15) is 0 Å². The summed E-state index contributed by atoms with van der Waals surface area (Å²) >= 11 is 1.55. The molecular formula is C27H34FN3O9S. The number of carboxylic acid groups (broad SMARTS) is 3. The van der Waals surface area contributed by atoms with E-state index in [2.05, 4.69) is 9.88 Å². The van der Waals surface area contributed by atoms with Crippen LogP contribution in [0.25, 0.3) is 0 Å². The lowest BCUT2D eigenvalue weighted by atomic mass is 9.83. The van der Waals surface area contributed by atoms with Crippen LogP contribution in [0.5, 0.6) is 0 Å². The lowest BCUT2D eigenvalue weighted by Gasteiger charge is -2.40. The Kier molecular flexibility index (Phi) is 10.5. The molecule has 224 valence electrons. The average Bonchev–Trinajstić information content (AvgIpc) is 3.53. The zero-order valence-electron chi connectivity index (χ0n) is 22.8. The zero-order chi connectivity index (χ0) is 30.4. The second kappa shape index (κ2) is 13.5. The number of hydrogen-bond acceptors (Lipinski definition) is 9. The minimum Gasteiger partial charge on any atom is -0.481 e. The summed E-state index contributed by atoms with van der Waals surface area (Å²) in [5, 5.41) is 35.8. The summed E-state index contributed by atoms with van der Waals surface area (Å²) in [6, 6.07) is 5.24. The van der Waals surface area contributed by atoms with Crippen molar-refractivity contribution in [1.29, 1.82) is 0 Å². The zero-order valence-corrected chi connectivity index (χ0v) is 23.6. The van der Waals surface area contributed by atoms with E-state index < -0.39 is 42.0 Å². The highest BCUT2D eigenvalue weighted by molar-refractivity contribution is 7.07. The smallest absolute Gasteiger partial charge is 0.336 e. The lowest BCUT2D eigenvalue weighted by Crippen LogP contribution is -2.47. The number of aromatic nitrogens is 1. The van der Waals surface area contributed by atoms with E-state index >= 15 is 0 Å². The molecule has 14 heteroatoms. The molecule has 0 bridgehead atoms. The van der Waals surface area contributed by atoms with E-state index in [4.69, 9.17) is 25.2 Å². The van der Waals surface area contributed by atoms with Crippen molar-refractivity contribution < 1.29 is 48.7 Å². The predicted octanol–water partition coefficient (Wildman–Crippen LogP) is 1.80. The van der Waals surface area contributed by atoms with Gasteiger partial charge in [0.1, 0.15) is 5.82 Å². The van der Waals surface area contributed by atoms with Gasteiger partial charge in [0.05, 0.1) is 42.2 Å². The van der Waals surface area contributed by atoms with Gasteiger partial charge in [0, 0.05) is 51.1 Å². The van der Waals surface area contributed by atoms with Crippen LogP contribution in [0.2, 0.25) is 0 Å². The van der Waals surface area contributed by atoms with E-state index in [-0.39, 0.29) is 17.6 Å². The van der Waals surface area contributed by atoms with Crippen molar-refractivity contribution in [2.24, 2.45) is 5.92 Å². The molecule has 12 nitrogen and oxygen atoms in total. The van der Waals surface area contributed by atoms with Gasteiger partial charge < -0.3 is 35.0 Å². The molecular weight excluding hydrogens is 561 g/mol. The van der Waals surface area contributed by atoms with Crippen LogP contribution in [0.3, 0.4) is 0 Å². The third kappa shape index (κ3) is 8.06. The Labute approximate surface area is 240 Å². The molecule has 4 N–H and O–H groups in total. The number of aliphatic carboxylic acids is 3. The minimum absolute atomic E-state index is 0.125. The van der Waals surface area contributed by atoms with Gasteiger partial charge in [0.15, 0.2) is 5.60 Å². The highest BCUT2D eigenvalue weighted by atomic mass is 32.1. The number of carboxylic acids is 3. The van der Waals surface area contributed by atoms with Crippen LogP contribution in [0.4, 0.5) is 4.39 Å². The van der Waals surface area contributed by atoms with Crippen molar-refractivity contribution >= 4 is 35.2 Å². The SMILES string of the molecule is CN(C)C(=O)C(Cc1cscn1)CN1CCC2(CC1)OCc1cccc(F)c12.O=C(O)CC(O)(CC(=O)O)C(=O)O. The Bertz CT molecular complexity index is 1230. The molecule has 3 heterocycles. The fourth-order valence-electron chi connectivity index (χ4n) is 5.19. The molecule has 1 saturated heterocycles. The number of carbonyl (C=O) groups is 4. The fraction of sp³-hybridized carbons (Fsp3) is 0.519. The van der Waals surface area contributed by atoms with Crippen molar-refractivity contribution in [2.75, 3.05) is 33.7 Å². The van der Waals surface area contributed by atoms with Crippen LogP contribution >= 0.6 is 11.3 Å². The van der Waals surface area contributed by atoms with Gasteiger partial charge in [-0.25, -0.2) is 14.2 Å². The van der Waals surface area contributed by atoms with E-state index in [1.54, 1.807) is 41.9 Å². The lowest BCUT2D eigenvalue weighted by molar-refractivity contribution is -0.170. The summed E-state index contributed by atoms with van der Waals surface area (Å²) in [5.74, 6) is -5.18. The van der Waals surface area contributed by atoms with Crippen LogP contribution < -0.4 is 0 Å². The van der Waals surface area contributed by atoms with Gasteiger partial charge in [0.2, 0.25) is 5.91 Å². The van der Waals surface area contributed by atoms with Crippen LogP contribution in [0, 0.1) is 11.7 Å². The van der Waals surface area contributed by atoms with Crippen LogP contribution in [-0.4, -0.2) is 98.4 Å². The highest BCUT2D eigenvalue weighted by Gasteiger charge is 2.45. The molecule has 0 saturated carbocycles. The Morgan fingerprint density at radius 2 is 1.78 bits per heavy atom. The molecule has 1 aromatic heterocycles. The Morgan fingerprint density at radius 3 is 2.29 bits per heavy atom. The maximum atomic E-state index is 14.5. The van der Waals surface area contributed by atoms with Crippen LogP contribution in [0.15, 0.2) is 29.1 Å². The van der Waals surface area contributed by atoms with Crippen molar-refractivity contribution in [3.05, 3.63) is 51.7 Å². The third-order valence-electron chi connectivity index (χ3n) is 7.22. The Hall–Kier alpha value is -3.46. The molecule has 0 radical (unpaired) electrons. The van der Waals surface area contributed by atoms with E-state index in [1.807, 2.05) is 11.4 Å². The van der Waals surface area contributed by atoms with Crippen molar-refractivity contribution in [1.82, 2.24) is 14.8 Å². The fourth-order valence-corrected chi connectivity index (χ4v) is 5.76. The van der Waals surface area contributed by atoms with Crippen LogP contribution in [0.1, 0.15) is 42.5 Å². The van der Waals surface area contributed by atoms with E-state index in [0.717, 1.165) is 42.8 Å². The number of fused-ring (bicyclic) bond motifs is 2. The Balaban J connectivity index is 0.000000302. The maximum Gasteiger partial charge on any atom is 0.336 e. The van der Waals surface area contributed by atoms with E-state index in [1.165, 1.54) is 6.07 Å². The predicted molar refractivity (Wildman–Crippen MR) is 144 cm³/mol. The molecule has 2 aliphatic heterocycles. The maximum absolute atomic E-state index is 14.5. The number of aliphatic hydroxyl groups is 1. The molecule has 2 aromatic rings. The third-order valence-corrected chi connectivity index (χ3v) is 7.85. The first kappa shape index (κ1) is 32.1. The molecule has 1 unspecified atom stereocenters. The number of piperidine rings is 1. The largest absolute Gasteiger partial charge is 0.481 e. The topological polar surface area (TPSA) is 178 Å². The number of likely N-dealkylation sites (tertiary alicyclic amines) is 1. The number of thiazole rings is 1. The van der Waals surface area contributed by atoms with Gasteiger partial charge in [-0.05, 0) is 24.5 Å². The molecule has 1 amide bonds. The summed E-state index contributed by atoms with van der Waals surface area (Å²) < 4.78 is 20.6. The first-order valence-corrected chi connectivity index (χ1v) is 13.8. The second-order valence-corrected chi connectivity index (χ2v) is 11.2. The first-order valence-electron chi connectivity index (χ1n) is 12.9. The number of hydrogen-bond donors (Lipinski definition) is 4. The summed E-state index contributed by atoms with van der Waals surface area (Å²) in [6.07, 6.45) is -0.138. The molecule has 41 heavy (non-hydrogen) atoms. The first-order chi connectivity index (χ1) is 19.3. The number of amides is 1. The number of ether oxygens (including phenoxy) is 1. The molecule has 1 atom stereocenters. The summed E-state index contributed by atoms with van der Waals surface area (Å²) in [7, 11) is 3.60. The number of nitrogens with zero attached hydrogens (tertiary/aromatic N) is 3. The molecule has 1 aromatic carbocycles. The monoisotopic (exact) mass is 595 g/mol. The average molecular weight is 596 g/mol. The Morgan fingerprint density at radius 1 is 1.15 bits per heavy atom. The van der Waals surface area contributed by atoms with E-state index in [0.29, 0.717) is 19.6 Å². The standard InChI is InChI=1S/C21H26FN3O2S.C6H8O7/c1-24(2)20(26)16(10-17-13-28-14-23-17)11-25-8-6-21(7-9-25)19-15(12-27-21)4-3-5-18(19)22;7-3(8)1-6(13,5(11)12)2-4(9)10/h3-5,13-14,16H,6-12H2,1-2H3;13H,1-2H2,(H,7,8)(H,9,10)(H,11,12). The summed E-state index contributed by atoms with van der Waals surface area (Å²) in [4.78, 5) is 51.5.